The van der Waals surface area contributed by atoms with Crippen molar-refractivity contribution in [2.45, 2.75) is 12.8 Å². The van der Waals surface area contributed by atoms with E-state index in [1.165, 1.54) is 6.07 Å². The number of rotatable bonds is 1. The highest BCUT2D eigenvalue weighted by molar-refractivity contribution is 9.10. The average molecular weight is 257 g/mol. The first-order valence-corrected chi connectivity index (χ1v) is 5.28. The highest BCUT2D eigenvalue weighted by atomic mass is 79.9. The molecule has 1 aliphatic rings. The number of amidine groups is 1. The normalized spacial score (nSPS) is 16.4. The monoisotopic (exact) mass is 256 g/mol. The minimum absolute atomic E-state index is 0.264. The molecule has 1 aliphatic heterocycles. The number of anilines is 1. The van der Waals surface area contributed by atoms with Crippen molar-refractivity contribution in [1.29, 1.82) is 5.41 Å². The van der Waals surface area contributed by atoms with Gasteiger partial charge >= 0.3 is 0 Å². The van der Waals surface area contributed by atoms with E-state index < -0.39 is 0 Å². The third-order valence-electron chi connectivity index (χ3n) is 2.32. The molecule has 1 aromatic rings. The van der Waals surface area contributed by atoms with Crippen LogP contribution in [0.5, 0.6) is 0 Å². The summed E-state index contributed by atoms with van der Waals surface area (Å²) in [5.41, 5.74) is 0.502. The van der Waals surface area contributed by atoms with Gasteiger partial charge in [-0.05, 0) is 24.6 Å². The molecule has 1 fully saturated rings. The number of nitrogens with zero attached hydrogens (tertiary/aromatic N) is 1. The molecule has 0 aliphatic carbocycles. The molecule has 1 aromatic carbocycles. The lowest BCUT2D eigenvalue weighted by molar-refractivity contribution is 0.626. The van der Waals surface area contributed by atoms with E-state index in [4.69, 9.17) is 5.41 Å². The van der Waals surface area contributed by atoms with Gasteiger partial charge < -0.3 is 4.90 Å². The van der Waals surface area contributed by atoms with Crippen molar-refractivity contribution < 1.29 is 4.39 Å². The Morgan fingerprint density at radius 2 is 2.21 bits per heavy atom. The molecule has 1 heterocycles. The standard InChI is InChI=1S/C10H10BrFN2/c11-7-3-4-8(12)9(6-7)14-5-1-2-10(14)13/h3-4,6,13H,1-2,5H2. The van der Waals surface area contributed by atoms with Crippen LogP contribution in [-0.2, 0) is 0 Å². The van der Waals surface area contributed by atoms with Gasteiger partial charge in [-0.15, -0.1) is 0 Å². The zero-order chi connectivity index (χ0) is 10.1. The van der Waals surface area contributed by atoms with Gasteiger partial charge in [0.15, 0.2) is 0 Å². The molecule has 1 saturated heterocycles. The van der Waals surface area contributed by atoms with Crippen molar-refractivity contribution >= 4 is 27.5 Å². The summed E-state index contributed by atoms with van der Waals surface area (Å²) in [5.74, 6) is 0.238. The quantitative estimate of drug-likeness (QED) is 0.821. The van der Waals surface area contributed by atoms with E-state index in [1.807, 2.05) is 0 Å². The van der Waals surface area contributed by atoms with Gasteiger partial charge in [-0.1, -0.05) is 15.9 Å². The highest BCUT2D eigenvalue weighted by Gasteiger charge is 2.21. The molecule has 0 unspecified atom stereocenters. The van der Waals surface area contributed by atoms with Crippen LogP contribution in [0.15, 0.2) is 22.7 Å². The van der Waals surface area contributed by atoms with Gasteiger partial charge in [-0.25, -0.2) is 4.39 Å². The van der Waals surface area contributed by atoms with E-state index in [9.17, 15) is 4.39 Å². The van der Waals surface area contributed by atoms with Gasteiger partial charge in [0, 0.05) is 17.4 Å². The second kappa shape index (κ2) is 3.69. The van der Waals surface area contributed by atoms with Crippen molar-refractivity contribution in [1.82, 2.24) is 0 Å². The summed E-state index contributed by atoms with van der Waals surface area (Å²) < 4.78 is 14.3. The smallest absolute Gasteiger partial charge is 0.146 e. The van der Waals surface area contributed by atoms with Crippen LogP contribution < -0.4 is 4.90 Å². The fourth-order valence-electron chi connectivity index (χ4n) is 1.63. The lowest BCUT2D eigenvalue weighted by Gasteiger charge is -2.18. The Balaban J connectivity index is 2.39. The first-order chi connectivity index (χ1) is 6.68. The molecule has 0 spiro atoms. The fourth-order valence-corrected chi connectivity index (χ4v) is 1.98. The maximum absolute atomic E-state index is 13.4. The Hall–Kier alpha value is -0.900. The molecule has 1 N–H and O–H groups in total. The summed E-state index contributed by atoms with van der Waals surface area (Å²) in [6.07, 6.45) is 1.68. The number of benzene rings is 1. The summed E-state index contributed by atoms with van der Waals surface area (Å²) in [6.45, 7) is 0.742. The van der Waals surface area contributed by atoms with Crippen molar-refractivity contribution in [2.75, 3.05) is 11.4 Å². The van der Waals surface area contributed by atoms with E-state index in [0.717, 1.165) is 23.9 Å². The van der Waals surface area contributed by atoms with Crippen LogP contribution in [-0.4, -0.2) is 12.4 Å². The zero-order valence-corrected chi connectivity index (χ0v) is 9.14. The first-order valence-electron chi connectivity index (χ1n) is 4.48. The molecule has 2 rings (SSSR count). The highest BCUT2D eigenvalue weighted by Crippen LogP contribution is 2.27. The summed E-state index contributed by atoms with van der Waals surface area (Å²) in [7, 11) is 0. The largest absolute Gasteiger partial charge is 0.328 e. The Morgan fingerprint density at radius 3 is 2.86 bits per heavy atom. The van der Waals surface area contributed by atoms with Gasteiger partial charge in [0.25, 0.3) is 0 Å². The van der Waals surface area contributed by atoms with Crippen LogP contribution in [0.4, 0.5) is 10.1 Å². The molecule has 0 aromatic heterocycles. The maximum Gasteiger partial charge on any atom is 0.146 e. The van der Waals surface area contributed by atoms with Crippen LogP contribution >= 0.6 is 15.9 Å². The molecule has 2 nitrogen and oxygen atoms in total. The molecule has 0 radical (unpaired) electrons. The molecule has 0 atom stereocenters. The number of halogens is 2. The number of hydrogen-bond acceptors (Lipinski definition) is 1. The lowest BCUT2D eigenvalue weighted by Crippen LogP contribution is -2.24. The Kier molecular flexibility index (Phi) is 2.54. The van der Waals surface area contributed by atoms with Crippen molar-refractivity contribution in [2.24, 2.45) is 0 Å². The summed E-state index contributed by atoms with van der Waals surface area (Å²) in [6, 6.07) is 4.80. The van der Waals surface area contributed by atoms with Crippen molar-refractivity contribution in [3.05, 3.63) is 28.5 Å². The maximum atomic E-state index is 13.4. The number of hydrogen-bond donors (Lipinski definition) is 1. The lowest BCUT2D eigenvalue weighted by atomic mass is 10.3. The second-order valence-electron chi connectivity index (χ2n) is 3.30. The molecule has 0 bridgehead atoms. The van der Waals surface area contributed by atoms with E-state index >= 15 is 0 Å². The van der Waals surface area contributed by atoms with Crippen LogP contribution in [0.1, 0.15) is 12.8 Å². The predicted molar refractivity (Wildman–Crippen MR) is 58.4 cm³/mol. The second-order valence-corrected chi connectivity index (χ2v) is 4.21. The third-order valence-corrected chi connectivity index (χ3v) is 2.81. The van der Waals surface area contributed by atoms with Crippen LogP contribution in [0.25, 0.3) is 0 Å². The SMILES string of the molecule is N=C1CCCN1c1cc(Br)ccc1F. The topological polar surface area (TPSA) is 27.1 Å². The van der Waals surface area contributed by atoms with Crippen LogP contribution in [0.2, 0.25) is 0 Å². The minimum Gasteiger partial charge on any atom is -0.328 e. The van der Waals surface area contributed by atoms with E-state index in [1.54, 1.807) is 17.0 Å². The van der Waals surface area contributed by atoms with Gasteiger partial charge in [0.1, 0.15) is 11.7 Å². The molecule has 14 heavy (non-hydrogen) atoms. The summed E-state index contributed by atoms with van der Waals surface area (Å²) >= 11 is 3.30. The molecule has 4 heteroatoms. The molecule has 0 amide bonds. The molecular weight excluding hydrogens is 247 g/mol. The van der Waals surface area contributed by atoms with E-state index in [0.29, 0.717) is 11.5 Å². The van der Waals surface area contributed by atoms with E-state index in [-0.39, 0.29) is 5.82 Å². The van der Waals surface area contributed by atoms with E-state index in [2.05, 4.69) is 15.9 Å². The van der Waals surface area contributed by atoms with Crippen LogP contribution in [0, 0.1) is 11.2 Å². The van der Waals surface area contributed by atoms with Crippen LogP contribution in [0.3, 0.4) is 0 Å². The molecule has 0 saturated carbocycles. The van der Waals surface area contributed by atoms with Gasteiger partial charge in [-0.3, -0.25) is 5.41 Å². The minimum atomic E-state index is -0.264. The fraction of sp³-hybridized carbons (Fsp3) is 0.300. The third kappa shape index (κ3) is 1.66. The first kappa shape index (κ1) is 9.65. The molecular formula is C10H10BrFN2. The van der Waals surface area contributed by atoms with Crippen molar-refractivity contribution in [3.8, 4) is 0 Å². The average Bonchev–Trinajstić information content (AvgIpc) is 2.56. The zero-order valence-electron chi connectivity index (χ0n) is 7.56. The Bertz CT molecular complexity index is 378. The summed E-state index contributed by atoms with van der Waals surface area (Å²) in [5, 5.41) is 7.65. The van der Waals surface area contributed by atoms with Crippen molar-refractivity contribution in [3.63, 3.8) is 0 Å². The molecule has 74 valence electrons. The Morgan fingerprint density at radius 1 is 1.43 bits per heavy atom. The Labute approximate surface area is 90.4 Å². The predicted octanol–water partition coefficient (Wildman–Crippen LogP) is 3.17. The van der Waals surface area contributed by atoms with Gasteiger partial charge in [0.05, 0.1) is 5.69 Å². The van der Waals surface area contributed by atoms with Gasteiger partial charge in [-0.2, -0.15) is 0 Å². The summed E-state index contributed by atoms with van der Waals surface area (Å²) in [4.78, 5) is 1.72. The number of nitrogens with one attached hydrogen (secondary N) is 1. The van der Waals surface area contributed by atoms with Gasteiger partial charge in [0.2, 0.25) is 0 Å².